The first-order valence-electron chi connectivity index (χ1n) is 11.8. The Morgan fingerprint density at radius 2 is 2.03 bits per heavy atom. The van der Waals surface area contributed by atoms with E-state index in [1.807, 2.05) is 37.9 Å². The summed E-state index contributed by atoms with van der Waals surface area (Å²) in [5.74, 6) is 1.30. The Bertz CT molecular complexity index is 890. The molecule has 0 radical (unpaired) electrons. The van der Waals surface area contributed by atoms with Crippen LogP contribution < -0.4 is 10.2 Å². The first kappa shape index (κ1) is 22.6. The Morgan fingerprint density at radius 3 is 2.69 bits per heavy atom. The Labute approximate surface area is 190 Å². The second-order valence-corrected chi connectivity index (χ2v) is 8.90. The number of likely N-dealkylation sites (N-methyl/N-ethyl adjacent to an activating group) is 1. The van der Waals surface area contributed by atoms with Crippen molar-refractivity contribution in [1.29, 1.82) is 0 Å². The molecular weight excluding hydrogens is 405 g/mol. The second-order valence-electron chi connectivity index (χ2n) is 8.90. The van der Waals surface area contributed by atoms with Crippen molar-refractivity contribution in [2.45, 2.75) is 32.9 Å². The van der Waals surface area contributed by atoms with Gasteiger partial charge in [-0.1, -0.05) is 19.9 Å². The molecule has 1 N–H and O–H groups in total. The summed E-state index contributed by atoms with van der Waals surface area (Å²) in [4.78, 5) is 15.6. The number of nitrogens with zero attached hydrogens (tertiary/aromatic N) is 6. The monoisotopic (exact) mass is 441 g/mol. The van der Waals surface area contributed by atoms with Gasteiger partial charge in [-0.3, -0.25) is 4.99 Å². The number of anilines is 1. The Hall–Kier alpha value is -2.61. The molecule has 1 aromatic carbocycles. The summed E-state index contributed by atoms with van der Waals surface area (Å²) in [6.07, 6.45) is 6.86. The summed E-state index contributed by atoms with van der Waals surface area (Å²) in [6, 6.07) is 5.98. The fourth-order valence-corrected chi connectivity index (χ4v) is 4.83. The molecule has 2 fully saturated rings. The van der Waals surface area contributed by atoms with Gasteiger partial charge >= 0.3 is 0 Å². The number of hydrogen-bond donors (Lipinski definition) is 1. The Kier molecular flexibility index (Phi) is 7.29. The van der Waals surface area contributed by atoms with Crippen molar-refractivity contribution in [2.75, 3.05) is 57.8 Å². The molecule has 2 atom stereocenters. The highest BCUT2D eigenvalue weighted by Gasteiger charge is 2.29. The normalized spacial score (nSPS) is 22.9. The molecule has 8 heteroatoms. The van der Waals surface area contributed by atoms with Gasteiger partial charge in [0, 0.05) is 65.3 Å². The van der Waals surface area contributed by atoms with Crippen molar-refractivity contribution in [3.8, 4) is 0 Å². The zero-order valence-corrected chi connectivity index (χ0v) is 19.5. The van der Waals surface area contributed by atoms with Crippen LogP contribution in [0.5, 0.6) is 0 Å². The van der Waals surface area contributed by atoms with Crippen LogP contribution >= 0.6 is 0 Å². The zero-order chi connectivity index (χ0) is 22.5. The van der Waals surface area contributed by atoms with Gasteiger partial charge in [-0.25, -0.2) is 9.37 Å². The minimum atomic E-state index is -0.142. The van der Waals surface area contributed by atoms with Crippen LogP contribution in [0.4, 0.5) is 10.1 Å². The molecule has 2 saturated heterocycles. The summed E-state index contributed by atoms with van der Waals surface area (Å²) >= 11 is 0. The van der Waals surface area contributed by atoms with Crippen LogP contribution in [-0.4, -0.2) is 78.2 Å². The largest absolute Gasteiger partial charge is 0.367 e. The predicted octanol–water partition coefficient (Wildman–Crippen LogP) is 2.82. The summed E-state index contributed by atoms with van der Waals surface area (Å²) in [7, 11) is 1.81. The SMILES string of the molecule is CCN1CCN(c2ccc(CNC(=NC)N3CCC(C)C(n4ccnc4)C3)cc2F)CC1. The lowest BCUT2D eigenvalue weighted by molar-refractivity contribution is 0.189. The molecule has 0 spiro atoms. The third-order valence-electron chi connectivity index (χ3n) is 6.96. The number of imidazole rings is 1. The van der Waals surface area contributed by atoms with Crippen LogP contribution in [0.2, 0.25) is 0 Å². The van der Waals surface area contributed by atoms with Crippen LogP contribution in [0.1, 0.15) is 31.9 Å². The lowest BCUT2D eigenvalue weighted by Gasteiger charge is -2.39. The van der Waals surface area contributed by atoms with Gasteiger partial charge < -0.3 is 24.6 Å². The van der Waals surface area contributed by atoms with Crippen LogP contribution in [0.25, 0.3) is 0 Å². The van der Waals surface area contributed by atoms with Gasteiger partial charge in [0.25, 0.3) is 0 Å². The minimum Gasteiger partial charge on any atom is -0.367 e. The highest BCUT2D eigenvalue weighted by Crippen LogP contribution is 2.27. The van der Waals surface area contributed by atoms with E-state index in [1.165, 1.54) is 0 Å². The second kappa shape index (κ2) is 10.3. The number of guanidine groups is 1. The summed E-state index contributed by atoms with van der Waals surface area (Å²) < 4.78 is 17.1. The van der Waals surface area contributed by atoms with Gasteiger partial charge in [-0.2, -0.15) is 0 Å². The number of rotatable bonds is 5. The topological polar surface area (TPSA) is 51.9 Å². The summed E-state index contributed by atoms with van der Waals surface area (Å²) in [5, 5.41) is 3.44. The number of piperidine rings is 1. The maximum absolute atomic E-state index is 14.9. The number of likely N-dealkylation sites (tertiary alicyclic amines) is 1. The fourth-order valence-electron chi connectivity index (χ4n) is 4.83. The molecule has 7 nitrogen and oxygen atoms in total. The van der Waals surface area contributed by atoms with Crippen molar-refractivity contribution >= 4 is 11.6 Å². The molecule has 3 heterocycles. The molecule has 2 aliphatic rings. The van der Waals surface area contributed by atoms with Gasteiger partial charge in [0.2, 0.25) is 0 Å². The first-order chi connectivity index (χ1) is 15.6. The van der Waals surface area contributed by atoms with Crippen LogP contribution in [0.3, 0.4) is 0 Å². The van der Waals surface area contributed by atoms with E-state index >= 15 is 0 Å². The third kappa shape index (κ3) is 5.06. The lowest BCUT2D eigenvalue weighted by Crippen LogP contribution is -2.48. The van der Waals surface area contributed by atoms with Crippen LogP contribution in [-0.2, 0) is 6.54 Å². The third-order valence-corrected chi connectivity index (χ3v) is 6.96. The van der Waals surface area contributed by atoms with Crippen molar-refractivity contribution < 1.29 is 4.39 Å². The van der Waals surface area contributed by atoms with Gasteiger partial charge in [-0.05, 0) is 36.6 Å². The van der Waals surface area contributed by atoms with E-state index in [0.717, 1.165) is 63.8 Å². The molecule has 4 rings (SSSR count). The van der Waals surface area contributed by atoms with Crippen molar-refractivity contribution in [3.63, 3.8) is 0 Å². The lowest BCUT2D eigenvalue weighted by atomic mass is 9.93. The summed E-state index contributed by atoms with van der Waals surface area (Å²) in [5.41, 5.74) is 1.64. The molecule has 2 aliphatic heterocycles. The van der Waals surface area contributed by atoms with Gasteiger partial charge in [0.05, 0.1) is 18.1 Å². The van der Waals surface area contributed by atoms with Gasteiger partial charge in [-0.15, -0.1) is 0 Å². The van der Waals surface area contributed by atoms with E-state index in [1.54, 1.807) is 6.07 Å². The highest BCUT2D eigenvalue weighted by molar-refractivity contribution is 5.80. The molecule has 0 aliphatic carbocycles. The maximum atomic E-state index is 14.9. The molecular formula is C24H36FN7. The number of aliphatic imine (C=N–C) groups is 1. The molecule has 0 amide bonds. The van der Waals surface area contributed by atoms with E-state index in [-0.39, 0.29) is 5.82 Å². The molecule has 0 saturated carbocycles. The molecule has 1 aromatic heterocycles. The molecule has 2 aromatic rings. The average Bonchev–Trinajstić information content (AvgIpc) is 3.35. The molecule has 32 heavy (non-hydrogen) atoms. The van der Waals surface area contributed by atoms with Gasteiger partial charge in [0.15, 0.2) is 5.96 Å². The van der Waals surface area contributed by atoms with E-state index in [2.05, 4.69) is 48.4 Å². The van der Waals surface area contributed by atoms with Crippen molar-refractivity contribution in [2.24, 2.45) is 10.9 Å². The zero-order valence-electron chi connectivity index (χ0n) is 19.5. The minimum absolute atomic E-state index is 0.142. The van der Waals surface area contributed by atoms with Gasteiger partial charge in [0.1, 0.15) is 5.82 Å². The van der Waals surface area contributed by atoms with E-state index in [9.17, 15) is 4.39 Å². The predicted molar refractivity (Wildman–Crippen MR) is 128 cm³/mol. The first-order valence-corrected chi connectivity index (χ1v) is 11.8. The van der Waals surface area contributed by atoms with E-state index < -0.39 is 0 Å². The van der Waals surface area contributed by atoms with Crippen LogP contribution in [0, 0.1) is 11.7 Å². The number of benzene rings is 1. The smallest absolute Gasteiger partial charge is 0.193 e. The Balaban J connectivity index is 1.35. The number of nitrogens with one attached hydrogen (secondary N) is 1. The number of aromatic nitrogens is 2. The fraction of sp³-hybridized carbons (Fsp3) is 0.583. The Morgan fingerprint density at radius 1 is 1.22 bits per heavy atom. The molecule has 2 unspecified atom stereocenters. The van der Waals surface area contributed by atoms with Crippen molar-refractivity contribution in [1.82, 2.24) is 24.7 Å². The molecule has 174 valence electrons. The highest BCUT2D eigenvalue weighted by atomic mass is 19.1. The number of piperazine rings is 1. The standard InChI is InChI=1S/C24H36FN7/c1-4-29-11-13-30(14-12-29)22-6-5-20(15-21(22)25)16-28-24(26-3)31-9-7-19(2)23(17-31)32-10-8-27-18-32/h5-6,8,10,15,18-19,23H,4,7,9,11-14,16-17H2,1-3H3,(H,26,28). The van der Waals surface area contributed by atoms with E-state index in [0.29, 0.717) is 24.2 Å². The quantitative estimate of drug-likeness (QED) is 0.571. The van der Waals surface area contributed by atoms with Crippen LogP contribution in [0.15, 0.2) is 41.9 Å². The van der Waals surface area contributed by atoms with Crippen molar-refractivity contribution in [3.05, 3.63) is 48.3 Å². The average molecular weight is 442 g/mol. The number of halogens is 1. The summed E-state index contributed by atoms with van der Waals surface area (Å²) in [6.45, 7) is 11.7. The molecule has 0 bridgehead atoms. The maximum Gasteiger partial charge on any atom is 0.193 e. The number of hydrogen-bond acceptors (Lipinski definition) is 4. The van der Waals surface area contributed by atoms with E-state index in [4.69, 9.17) is 0 Å².